The molecule has 0 unspecified atom stereocenters. The molecule has 2 heterocycles. The van der Waals surface area contributed by atoms with Crippen LogP contribution in [0.25, 0.3) is 55.0 Å². The fourth-order valence-corrected chi connectivity index (χ4v) is 6.25. The quantitative estimate of drug-likeness (QED) is 0.204. The summed E-state index contributed by atoms with van der Waals surface area (Å²) in [5.41, 5.74) is 9.70. The van der Waals surface area contributed by atoms with Crippen molar-refractivity contribution in [3.05, 3.63) is 152 Å². The summed E-state index contributed by atoms with van der Waals surface area (Å²) in [6, 6.07) is 42.8. The fourth-order valence-electron chi connectivity index (χ4n) is 6.25. The minimum atomic E-state index is 0.841. The van der Waals surface area contributed by atoms with Gasteiger partial charge < -0.3 is 9.13 Å². The van der Waals surface area contributed by atoms with Gasteiger partial charge in [0.25, 0.3) is 0 Å². The Labute approximate surface area is 244 Å². The summed E-state index contributed by atoms with van der Waals surface area (Å²) in [6.07, 6.45) is 6.31. The summed E-state index contributed by atoms with van der Waals surface area (Å²) in [5, 5.41) is 11.9. The van der Waals surface area contributed by atoms with Crippen molar-refractivity contribution < 1.29 is 0 Å². The SMILES string of the molecule is C=C1C=C(n2c3ccccc3c3ccccc32)C=C/C1=N/N(C)c1ccc(-n2c3ccccc3c3ccccc32)cc1. The number of fused-ring (bicyclic) bond motifs is 6. The van der Waals surface area contributed by atoms with Crippen LogP contribution in [0, 0.1) is 0 Å². The van der Waals surface area contributed by atoms with E-state index in [1.54, 1.807) is 0 Å². The second-order valence-electron chi connectivity index (χ2n) is 10.7. The van der Waals surface area contributed by atoms with Crippen molar-refractivity contribution in [1.29, 1.82) is 0 Å². The highest BCUT2D eigenvalue weighted by Crippen LogP contribution is 2.34. The molecule has 0 N–H and O–H groups in total. The second-order valence-corrected chi connectivity index (χ2v) is 10.7. The average Bonchev–Trinajstić information content (AvgIpc) is 3.55. The van der Waals surface area contributed by atoms with Crippen LogP contribution in [0.15, 0.2) is 157 Å². The van der Waals surface area contributed by atoms with Crippen LogP contribution >= 0.6 is 0 Å². The monoisotopic (exact) mass is 540 g/mol. The first-order valence-electron chi connectivity index (χ1n) is 14.2. The Balaban J connectivity index is 1.10. The van der Waals surface area contributed by atoms with Gasteiger partial charge in [0.2, 0.25) is 0 Å². The van der Waals surface area contributed by atoms with E-state index in [-0.39, 0.29) is 0 Å². The summed E-state index contributed by atoms with van der Waals surface area (Å²) in [6.45, 7) is 4.37. The maximum Gasteiger partial charge on any atom is 0.0903 e. The van der Waals surface area contributed by atoms with Gasteiger partial charge >= 0.3 is 0 Å². The van der Waals surface area contributed by atoms with E-state index in [0.717, 1.165) is 28.4 Å². The first kappa shape index (κ1) is 24.2. The molecule has 4 nitrogen and oxygen atoms in total. The molecule has 0 saturated heterocycles. The highest BCUT2D eigenvalue weighted by molar-refractivity contribution is 6.16. The van der Waals surface area contributed by atoms with E-state index in [1.807, 2.05) is 12.1 Å². The molecule has 0 fully saturated rings. The predicted molar refractivity (Wildman–Crippen MR) is 179 cm³/mol. The van der Waals surface area contributed by atoms with Crippen molar-refractivity contribution in [2.45, 2.75) is 0 Å². The van der Waals surface area contributed by atoms with Crippen LogP contribution in [0.3, 0.4) is 0 Å². The maximum atomic E-state index is 4.92. The minimum Gasteiger partial charge on any atom is -0.309 e. The van der Waals surface area contributed by atoms with Gasteiger partial charge in [-0.15, -0.1) is 0 Å². The van der Waals surface area contributed by atoms with E-state index in [0.29, 0.717) is 0 Å². The number of aromatic nitrogens is 2. The van der Waals surface area contributed by atoms with Gasteiger partial charge in [0, 0.05) is 40.0 Å². The van der Waals surface area contributed by atoms with E-state index in [4.69, 9.17) is 5.10 Å². The van der Waals surface area contributed by atoms with Crippen LogP contribution in [0.2, 0.25) is 0 Å². The lowest BCUT2D eigenvalue weighted by Crippen LogP contribution is -2.14. The lowest BCUT2D eigenvalue weighted by Gasteiger charge is -2.19. The smallest absolute Gasteiger partial charge is 0.0903 e. The zero-order valence-corrected chi connectivity index (χ0v) is 23.3. The van der Waals surface area contributed by atoms with Crippen molar-refractivity contribution in [3.63, 3.8) is 0 Å². The van der Waals surface area contributed by atoms with Crippen molar-refractivity contribution in [2.24, 2.45) is 5.10 Å². The number of rotatable bonds is 4. The van der Waals surface area contributed by atoms with Gasteiger partial charge in [0.15, 0.2) is 0 Å². The Morgan fingerprint density at radius 3 is 1.48 bits per heavy atom. The van der Waals surface area contributed by atoms with Gasteiger partial charge in [-0.05, 0) is 72.3 Å². The molecule has 200 valence electrons. The third-order valence-electron chi connectivity index (χ3n) is 8.22. The maximum absolute atomic E-state index is 4.92. The molecule has 0 spiro atoms. The second kappa shape index (κ2) is 9.50. The highest BCUT2D eigenvalue weighted by Gasteiger charge is 2.16. The molecule has 42 heavy (non-hydrogen) atoms. The normalized spacial score (nSPS) is 14.5. The molecule has 0 radical (unpaired) electrons. The number of nitrogens with zero attached hydrogens (tertiary/aromatic N) is 4. The molecule has 0 aliphatic heterocycles. The number of para-hydroxylation sites is 4. The Morgan fingerprint density at radius 1 is 0.548 bits per heavy atom. The van der Waals surface area contributed by atoms with Crippen molar-refractivity contribution in [2.75, 3.05) is 12.1 Å². The van der Waals surface area contributed by atoms with Crippen molar-refractivity contribution in [3.8, 4) is 5.69 Å². The standard InChI is InChI=1S/C38H28N4/c1-26-25-29(42-37-17-9-5-13-32(37)33-14-6-10-18-38(33)42)23-24-34(26)39-40(2)27-19-21-28(22-20-27)41-35-15-7-3-11-30(35)31-12-4-8-16-36(31)41/h3-25H,1H2,2H3/b39-34-. The summed E-state index contributed by atoms with van der Waals surface area (Å²) in [5.74, 6) is 0. The molecule has 4 heteroatoms. The topological polar surface area (TPSA) is 25.5 Å². The summed E-state index contributed by atoms with van der Waals surface area (Å²) in [4.78, 5) is 0. The van der Waals surface area contributed by atoms with E-state index < -0.39 is 0 Å². The van der Waals surface area contributed by atoms with E-state index in [2.05, 4.69) is 155 Å². The first-order valence-corrected chi connectivity index (χ1v) is 14.2. The number of benzene rings is 5. The van der Waals surface area contributed by atoms with E-state index in [1.165, 1.54) is 43.6 Å². The molecular weight excluding hydrogens is 512 g/mol. The Hall–Kier alpha value is -5.61. The third-order valence-corrected chi connectivity index (χ3v) is 8.22. The van der Waals surface area contributed by atoms with Crippen molar-refractivity contribution in [1.82, 2.24) is 9.13 Å². The molecule has 0 atom stereocenters. The van der Waals surface area contributed by atoms with Crippen LogP contribution in [0.4, 0.5) is 5.69 Å². The zero-order chi connectivity index (χ0) is 28.2. The molecule has 0 bridgehead atoms. The fraction of sp³-hybridized carbons (Fsp3) is 0.0263. The summed E-state index contributed by atoms with van der Waals surface area (Å²) < 4.78 is 4.63. The number of hydrogen-bond acceptors (Lipinski definition) is 2. The predicted octanol–water partition coefficient (Wildman–Crippen LogP) is 9.35. The van der Waals surface area contributed by atoms with E-state index >= 15 is 0 Å². The summed E-state index contributed by atoms with van der Waals surface area (Å²) in [7, 11) is 1.98. The molecule has 1 aliphatic carbocycles. The molecule has 0 amide bonds. The highest BCUT2D eigenvalue weighted by atomic mass is 15.4. The van der Waals surface area contributed by atoms with Crippen LogP contribution in [-0.2, 0) is 0 Å². The third kappa shape index (κ3) is 3.73. The van der Waals surface area contributed by atoms with Gasteiger partial charge in [-0.25, -0.2) is 0 Å². The van der Waals surface area contributed by atoms with Gasteiger partial charge in [-0.2, -0.15) is 5.10 Å². The average molecular weight is 541 g/mol. The largest absolute Gasteiger partial charge is 0.309 e. The zero-order valence-electron chi connectivity index (χ0n) is 23.3. The Bertz CT molecular complexity index is 2170. The van der Waals surface area contributed by atoms with Gasteiger partial charge in [-0.1, -0.05) is 79.4 Å². The van der Waals surface area contributed by atoms with Gasteiger partial charge in [0.05, 0.1) is 33.5 Å². The molecular formula is C38H28N4. The van der Waals surface area contributed by atoms with E-state index in [9.17, 15) is 0 Å². The molecule has 5 aromatic carbocycles. The number of hydrogen-bond donors (Lipinski definition) is 0. The van der Waals surface area contributed by atoms with Gasteiger partial charge in [0.1, 0.15) is 0 Å². The van der Waals surface area contributed by atoms with Crippen LogP contribution in [0.5, 0.6) is 0 Å². The Kier molecular flexibility index (Phi) is 5.47. The van der Waals surface area contributed by atoms with Crippen LogP contribution in [0.1, 0.15) is 0 Å². The van der Waals surface area contributed by atoms with Crippen molar-refractivity contribution >= 4 is 60.7 Å². The van der Waals surface area contributed by atoms with Crippen LogP contribution < -0.4 is 5.01 Å². The number of anilines is 1. The molecule has 1 aliphatic rings. The molecule has 0 saturated carbocycles. The minimum absolute atomic E-state index is 0.841. The summed E-state index contributed by atoms with van der Waals surface area (Å²) >= 11 is 0. The molecule has 2 aromatic heterocycles. The van der Waals surface area contributed by atoms with Crippen LogP contribution in [-0.4, -0.2) is 21.9 Å². The molecule has 7 aromatic rings. The Morgan fingerprint density at radius 2 is 1.00 bits per heavy atom. The number of allylic oxidation sites excluding steroid dienone is 5. The number of hydrazone groups is 1. The first-order chi connectivity index (χ1) is 20.7. The van der Waals surface area contributed by atoms with Gasteiger partial charge in [-0.3, -0.25) is 5.01 Å². The molecule has 8 rings (SSSR count). The lowest BCUT2D eigenvalue weighted by molar-refractivity contribution is 1.02. The lowest BCUT2D eigenvalue weighted by atomic mass is 10.1.